The van der Waals surface area contributed by atoms with Crippen LogP contribution in [0.25, 0.3) is 28.5 Å². The maximum absolute atomic E-state index is 3.76. The normalized spacial score (nSPS) is 15.4. The third kappa shape index (κ3) is 1.70. The van der Waals surface area contributed by atoms with Crippen LogP contribution >= 0.6 is 38.5 Å². The predicted molar refractivity (Wildman–Crippen MR) is 99.0 cm³/mol. The molecule has 0 spiro atoms. The van der Waals surface area contributed by atoms with Crippen LogP contribution in [-0.2, 0) is 6.42 Å². The van der Waals surface area contributed by atoms with Gasteiger partial charge in [-0.15, -0.1) is 0 Å². The molecular formula is C18H12BrI. The summed E-state index contributed by atoms with van der Waals surface area (Å²) in [6, 6.07) is 4.57. The summed E-state index contributed by atoms with van der Waals surface area (Å²) in [5, 5.41) is 5.43. The molecule has 0 aromatic heterocycles. The first-order valence-electron chi connectivity index (χ1n) is 6.66. The molecule has 0 unspecified atom stereocenters. The second-order valence-electron chi connectivity index (χ2n) is 5.32. The van der Waals surface area contributed by atoms with E-state index in [9.17, 15) is 0 Å². The Morgan fingerprint density at radius 2 is 1.95 bits per heavy atom. The summed E-state index contributed by atoms with van der Waals surface area (Å²) in [5.74, 6) is 0. The molecule has 2 aliphatic carbocycles. The average Bonchev–Trinajstić information content (AvgIpc) is 2.81. The Hall–Kier alpha value is -0.870. The topological polar surface area (TPSA) is 0 Å². The highest BCUT2D eigenvalue weighted by Crippen LogP contribution is 2.33. The van der Waals surface area contributed by atoms with E-state index in [4.69, 9.17) is 0 Å². The highest BCUT2D eigenvalue weighted by atomic mass is 127. The molecule has 0 aliphatic heterocycles. The quantitative estimate of drug-likeness (QED) is 0.542. The van der Waals surface area contributed by atoms with Crippen molar-refractivity contribution in [1.29, 1.82) is 0 Å². The number of allylic oxidation sites excluding steroid dienone is 4. The summed E-state index contributed by atoms with van der Waals surface area (Å²) >= 11 is 6.28. The maximum atomic E-state index is 3.76. The molecule has 20 heavy (non-hydrogen) atoms. The molecule has 98 valence electrons. The van der Waals surface area contributed by atoms with Crippen molar-refractivity contribution in [2.24, 2.45) is 0 Å². The molecule has 0 heterocycles. The van der Waals surface area contributed by atoms with Gasteiger partial charge in [-0.1, -0.05) is 46.3 Å². The molecule has 0 saturated carbocycles. The Balaban J connectivity index is 2.28. The van der Waals surface area contributed by atoms with E-state index < -0.39 is 0 Å². The van der Waals surface area contributed by atoms with E-state index in [0.717, 1.165) is 6.42 Å². The highest BCUT2D eigenvalue weighted by Gasteiger charge is 2.17. The van der Waals surface area contributed by atoms with Gasteiger partial charge in [0.05, 0.1) is 0 Å². The zero-order chi connectivity index (χ0) is 13.9. The fraction of sp³-hybridized carbons (Fsp3) is 0.111. The minimum absolute atomic E-state index is 1.02. The molecule has 0 fully saturated rings. The van der Waals surface area contributed by atoms with Gasteiger partial charge in [-0.3, -0.25) is 0 Å². The van der Waals surface area contributed by atoms with Gasteiger partial charge in [0.1, 0.15) is 0 Å². The van der Waals surface area contributed by atoms with Crippen LogP contribution in [0.4, 0.5) is 0 Å². The lowest BCUT2D eigenvalue weighted by molar-refractivity contribution is 1.25. The number of benzene rings is 2. The number of fused-ring (bicyclic) bond motifs is 4. The highest BCUT2D eigenvalue weighted by molar-refractivity contribution is 14.1. The SMILES string of the molecule is CC1=CC=c2cc3c(Br)cc4c(c3c(I)c21)CC=CC=4. The van der Waals surface area contributed by atoms with E-state index in [1.807, 2.05) is 0 Å². The summed E-state index contributed by atoms with van der Waals surface area (Å²) in [7, 11) is 0. The second kappa shape index (κ2) is 4.57. The van der Waals surface area contributed by atoms with Gasteiger partial charge in [0.25, 0.3) is 0 Å². The average molecular weight is 435 g/mol. The van der Waals surface area contributed by atoms with Gasteiger partial charge in [0, 0.05) is 13.4 Å². The summed E-state index contributed by atoms with van der Waals surface area (Å²) in [4.78, 5) is 0. The van der Waals surface area contributed by atoms with Gasteiger partial charge in [-0.2, -0.15) is 0 Å². The molecule has 2 aromatic rings. The van der Waals surface area contributed by atoms with E-state index in [0.29, 0.717) is 0 Å². The molecule has 0 N–H and O–H groups in total. The first-order valence-corrected chi connectivity index (χ1v) is 8.53. The van der Waals surface area contributed by atoms with Crippen molar-refractivity contribution in [3.05, 3.63) is 60.0 Å². The van der Waals surface area contributed by atoms with E-state index in [2.05, 4.69) is 88.0 Å². The van der Waals surface area contributed by atoms with E-state index in [1.54, 1.807) is 0 Å². The van der Waals surface area contributed by atoms with Crippen LogP contribution < -0.4 is 10.4 Å². The van der Waals surface area contributed by atoms with Crippen molar-refractivity contribution in [3.63, 3.8) is 0 Å². The first-order chi connectivity index (χ1) is 9.66. The van der Waals surface area contributed by atoms with Crippen LogP contribution in [0.1, 0.15) is 18.1 Å². The van der Waals surface area contributed by atoms with Gasteiger partial charge in [0.2, 0.25) is 0 Å². The van der Waals surface area contributed by atoms with Crippen molar-refractivity contribution in [2.75, 3.05) is 0 Å². The van der Waals surface area contributed by atoms with Crippen LogP contribution in [-0.4, -0.2) is 0 Å². The fourth-order valence-corrected chi connectivity index (χ4v) is 5.07. The van der Waals surface area contributed by atoms with Crippen LogP contribution in [0.3, 0.4) is 0 Å². The van der Waals surface area contributed by atoms with Crippen molar-refractivity contribution >= 4 is 67.0 Å². The third-order valence-corrected chi connectivity index (χ3v) is 5.86. The lowest BCUT2D eigenvalue weighted by Gasteiger charge is -2.15. The second-order valence-corrected chi connectivity index (χ2v) is 7.25. The standard InChI is InChI=1S/C18H12BrI/c1-10-6-7-12-8-14-15(19)9-11-4-2-3-5-13(11)17(14)18(20)16(10)12/h2-4,6-9H,5H2,1H3. The molecule has 0 bridgehead atoms. The zero-order valence-electron chi connectivity index (χ0n) is 11.0. The van der Waals surface area contributed by atoms with Crippen LogP contribution in [0, 0.1) is 3.57 Å². The summed E-state index contributed by atoms with van der Waals surface area (Å²) in [5.41, 5.74) is 4.24. The van der Waals surface area contributed by atoms with Gasteiger partial charge < -0.3 is 0 Å². The van der Waals surface area contributed by atoms with Gasteiger partial charge in [0.15, 0.2) is 0 Å². The van der Waals surface area contributed by atoms with Crippen molar-refractivity contribution in [1.82, 2.24) is 0 Å². The maximum Gasteiger partial charge on any atom is 0.0293 e. The van der Waals surface area contributed by atoms with E-state index in [-0.39, 0.29) is 0 Å². The minimum atomic E-state index is 1.02. The molecule has 0 atom stereocenters. The smallest absolute Gasteiger partial charge is 0.0293 e. The van der Waals surface area contributed by atoms with E-state index in [1.165, 1.54) is 46.0 Å². The Bertz CT molecular complexity index is 946. The molecule has 2 heteroatoms. The first kappa shape index (κ1) is 12.8. The Morgan fingerprint density at radius 3 is 2.80 bits per heavy atom. The van der Waals surface area contributed by atoms with Crippen molar-refractivity contribution in [2.45, 2.75) is 13.3 Å². The largest absolute Gasteiger partial charge is 0.0801 e. The lowest BCUT2D eigenvalue weighted by Crippen LogP contribution is -2.15. The summed E-state index contributed by atoms with van der Waals surface area (Å²) < 4.78 is 2.58. The van der Waals surface area contributed by atoms with Gasteiger partial charge in [-0.05, 0) is 80.6 Å². The van der Waals surface area contributed by atoms with Crippen LogP contribution in [0.2, 0.25) is 0 Å². The van der Waals surface area contributed by atoms with Crippen molar-refractivity contribution < 1.29 is 0 Å². The fourth-order valence-electron chi connectivity index (χ4n) is 3.16. The molecule has 0 nitrogen and oxygen atoms in total. The number of hydrogen-bond donors (Lipinski definition) is 0. The predicted octanol–water partition coefficient (Wildman–Crippen LogP) is 4.30. The minimum Gasteiger partial charge on any atom is -0.0801 e. The molecule has 0 saturated heterocycles. The molecule has 0 radical (unpaired) electrons. The Morgan fingerprint density at radius 1 is 1.10 bits per heavy atom. The van der Waals surface area contributed by atoms with Crippen molar-refractivity contribution in [3.8, 4) is 0 Å². The molecule has 2 aliphatic rings. The van der Waals surface area contributed by atoms with Gasteiger partial charge >= 0.3 is 0 Å². The van der Waals surface area contributed by atoms with E-state index >= 15 is 0 Å². The lowest BCUT2D eigenvalue weighted by atomic mass is 9.94. The molecule has 0 amide bonds. The molecule has 2 aromatic carbocycles. The van der Waals surface area contributed by atoms with Gasteiger partial charge in [-0.25, -0.2) is 0 Å². The Labute approximate surface area is 139 Å². The summed E-state index contributed by atoms with van der Waals surface area (Å²) in [6.07, 6.45) is 12.1. The summed E-state index contributed by atoms with van der Waals surface area (Å²) in [6.45, 7) is 2.20. The third-order valence-electron chi connectivity index (χ3n) is 4.13. The number of halogens is 2. The number of rotatable bonds is 0. The zero-order valence-corrected chi connectivity index (χ0v) is 14.7. The molecule has 4 rings (SSSR count). The number of hydrogen-bond acceptors (Lipinski definition) is 0. The Kier molecular flexibility index (Phi) is 2.93. The van der Waals surface area contributed by atoms with Crippen LogP contribution in [0.5, 0.6) is 0 Å². The molecular weight excluding hydrogens is 423 g/mol. The monoisotopic (exact) mass is 434 g/mol. The van der Waals surface area contributed by atoms with Crippen LogP contribution in [0.15, 0.2) is 34.8 Å².